The largest absolute Gasteiger partial charge is 0.465 e. The summed E-state index contributed by atoms with van der Waals surface area (Å²) in [6.07, 6.45) is 31.7. The molecule has 0 aromatic heterocycles. The van der Waals surface area contributed by atoms with Crippen LogP contribution in [-0.2, 0) is 9.53 Å². The standard InChI is InChI=1S/C32H64O2/c1-5-8-11-14-16-17-18-20-22-25-28-31(27-24-13-10-7-3)29-34-32(33)30(4)26-23-21-19-15-12-9-6-2/h30-31H,5-29H2,1-4H3. The van der Waals surface area contributed by atoms with Crippen molar-refractivity contribution in [3.8, 4) is 0 Å². The number of esters is 1. The maximum absolute atomic E-state index is 12.5. The van der Waals surface area contributed by atoms with Gasteiger partial charge >= 0.3 is 5.97 Å². The highest BCUT2D eigenvalue weighted by atomic mass is 16.5. The number of hydrogen-bond donors (Lipinski definition) is 0. The van der Waals surface area contributed by atoms with Gasteiger partial charge in [0.15, 0.2) is 0 Å². The number of rotatable bonds is 27. The number of carbonyl (C=O) groups is 1. The summed E-state index contributed by atoms with van der Waals surface area (Å²) in [6.45, 7) is 9.55. The summed E-state index contributed by atoms with van der Waals surface area (Å²) in [5.41, 5.74) is 0. The lowest BCUT2D eigenvalue weighted by Gasteiger charge is -2.19. The molecule has 0 saturated carbocycles. The number of ether oxygens (including phenoxy) is 1. The van der Waals surface area contributed by atoms with Crippen LogP contribution in [0.15, 0.2) is 0 Å². The lowest BCUT2D eigenvalue weighted by Crippen LogP contribution is -2.20. The Balaban J connectivity index is 4.01. The van der Waals surface area contributed by atoms with Crippen molar-refractivity contribution in [2.24, 2.45) is 11.8 Å². The molecule has 0 spiro atoms. The molecule has 0 amide bonds. The molecule has 0 aliphatic rings. The fourth-order valence-corrected chi connectivity index (χ4v) is 4.96. The van der Waals surface area contributed by atoms with E-state index in [9.17, 15) is 4.79 Å². The quantitative estimate of drug-likeness (QED) is 0.0862. The summed E-state index contributed by atoms with van der Waals surface area (Å²) >= 11 is 0. The Kier molecular flexibility index (Phi) is 26.6. The number of unbranched alkanes of at least 4 members (excludes halogenated alkanes) is 18. The molecule has 204 valence electrons. The molecule has 0 heterocycles. The zero-order valence-corrected chi connectivity index (χ0v) is 24.1. The summed E-state index contributed by atoms with van der Waals surface area (Å²) in [5.74, 6) is 0.682. The average Bonchev–Trinajstić information content (AvgIpc) is 2.84. The van der Waals surface area contributed by atoms with Gasteiger partial charge in [0.25, 0.3) is 0 Å². The molecule has 0 N–H and O–H groups in total. The minimum Gasteiger partial charge on any atom is -0.465 e. The Morgan fingerprint density at radius 1 is 0.500 bits per heavy atom. The van der Waals surface area contributed by atoms with E-state index in [-0.39, 0.29) is 11.9 Å². The number of hydrogen-bond acceptors (Lipinski definition) is 2. The van der Waals surface area contributed by atoms with Crippen LogP contribution in [0.2, 0.25) is 0 Å². The molecule has 0 rings (SSSR count). The zero-order valence-electron chi connectivity index (χ0n) is 24.1. The van der Waals surface area contributed by atoms with E-state index >= 15 is 0 Å². The van der Waals surface area contributed by atoms with Gasteiger partial charge in [0, 0.05) is 0 Å². The average molecular weight is 481 g/mol. The van der Waals surface area contributed by atoms with E-state index in [0.717, 1.165) is 6.42 Å². The molecule has 2 nitrogen and oxygen atoms in total. The first-order chi connectivity index (χ1) is 16.7. The molecule has 0 aromatic rings. The second-order valence-electron chi connectivity index (χ2n) is 11.1. The molecule has 0 aliphatic carbocycles. The summed E-state index contributed by atoms with van der Waals surface area (Å²) in [4.78, 5) is 12.5. The molecule has 0 bridgehead atoms. The van der Waals surface area contributed by atoms with Gasteiger partial charge in [-0.05, 0) is 25.2 Å². The second-order valence-corrected chi connectivity index (χ2v) is 11.1. The van der Waals surface area contributed by atoms with E-state index in [2.05, 4.69) is 27.7 Å². The van der Waals surface area contributed by atoms with E-state index in [1.165, 1.54) is 148 Å². The highest BCUT2D eigenvalue weighted by molar-refractivity contribution is 5.71. The monoisotopic (exact) mass is 480 g/mol. The predicted octanol–water partition coefficient (Wildman–Crippen LogP) is 11.2. The molecule has 0 aromatic carbocycles. The van der Waals surface area contributed by atoms with Gasteiger partial charge in [0.2, 0.25) is 0 Å². The van der Waals surface area contributed by atoms with Crippen molar-refractivity contribution in [1.82, 2.24) is 0 Å². The number of carbonyl (C=O) groups excluding carboxylic acids is 1. The van der Waals surface area contributed by atoms with E-state index in [1.54, 1.807) is 0 Å². The molecule has 0 saturated heterocycles. The molecule has 34 heavy (non-hydrogen) atoms. The lowest BCUT2D eigenvalue weighted by atomic mass is 9.94. The highest BCUT2D eigenvalue weighted by Gasteiger charge is 2.17. The van der Waals surface area contributed by atoms with Gasteiger partial charge in [-0.1, -0.05) is 163 Å². The Bertz CT molecular complexity index is 406. The third-order valence-corrected chi connectivity index (χ3v) is 7.54. The Labute approximate surface area is 215 Å². The van der Waals surface area contributed by atoms with Crippen LogP contribution in [0.5, 0.6) is 0 Å². The second kappa shape index (κ2) is 27.1. The van der Waals surface area contributed by atoms with Crippen LogP contribution in [0, 0.1) is 11.8 Å². The third kappa shape index (κ3) is 23.2. The van der Waals surface area contributed by atoms with Crippen molar-refractivity contribution in [2.45, 2.75) is 182 Å². The minimum absolute atomic E-state index is 0.0487. The summed E-state index contributed by atoms with van der Waals surface area (Å²) in [5, 5.41) is 0. The normalized spacial score (nSPS) is 13.2. The van der Waals surface area contributed by atoms with Gasteiger partial charge in [0.05, 0.1) is 12.5 Å². The topological polar surface area (TPSA) is 26.3 Å². The van der Waals surface area contributed by atoms with Gasteiger partial charge in [-0.3, -0.25) is 4.79 Å². The van der Waals surface area contributed by atoms with Crippen LogP contribution >= 0.6 is 0 Å². The fourth-order valence-electron chi connectivity index (χ4n) is 4.96. The molecular formula is C32H64O2. The van der Waals surface area contributed by atoms with Crippen LogP contribution in [0.25, 0.3) is 0 Å². The van der Waals surface area contributed by atoms with Crippen LogP contribution in [0.3, 0.4) is 0 Å². The van der Waals surface area contributed by atoms with Crippen LogP contribution in [0.1, 0.15) is 182 Å². The maximum atomic E-state index is 12.5. The smallest absolute Gasteiger partial charge is 0.308 e. The van der Waals surface area contributed by atoms with Gasteiger partial charge in [0.1, 0.15) is 0 Å². The summed E-state index contributed by atoms with van der Waals surface area (Å²) in [6, 6.07) is 0. The molecule has 2 heteroatoms. The van der Waals surface area contributed by atoms with Crippen molar-refractivity contribution < 1.29 is 9.53 Å². The van der Waals surface area contributed by atoms with Crippen molar-refractivity contribution >= 4 is 5.97 Å². The van der Waals surface area contributed by atoms with Gasteiger partial charge < -0.3 is 4.74 Å². The molecule has 0 radical (unpaired) electrons. The molecule has 2 unspecified atom stereocenters. The van der Waals surface area contributed by atoms with Crippen molar-refractivity contribution in [3.05, 3.63) is 0 Å². The first-order valence-electron chi connectivity index (χ1n) is 15.8. The van der Waals surface area contributed by atoms with E-state index < -0.39 is 0 Å². The lowest BCUT2D eigenvalue weighted by molar-refractivity contribution is -0.149. The van der Waals surface area contributed by atoms with Gasteiger partial charge in [-0.15, -0.1) is 0 Å². The van der Waals surface area contributed by atoms with Crippen LogP contribution in [-0.4, -0.2) is 12.6 Å². The molecule has 2 atom stereocenters. The predicted molar refractivity (Wildman–Crippen MR) is 151 cm³/mol. The minimum atomic E-state index is 0.0487. The molecule has 0 aliphatic heterocycles. The fraction of sp³-hybridized carbons (Fsp3) is 0.969. The van der Waals surface area contributed by atoms with Gasteiger partial charge in [-0.25, -0.2) is 0 Å². The first-order valence-corrected chi connectivity index (χ1v) is 15.8. The van der Waals surface area contributed by atoms with E-state index in [1.807, 2.05) is 0 Å². The van der Waals surface area contributed by atoms with Gasteiger partial charge in [-0.2, -0.15) is 0 Å². The summed E-state index contributed by atoms with van der Waals surface area (Å²) < 4.78 is 5.84. The Morgan fingerprint density at radius 2 is 0.824 bits per heavy atom. The van der Waals surface area contributed by atoms with E-state index in [0.29, 0.717) is 12.5 Å². The first kappa shape index (κ1) is 33.5. The maximum Gasteiger partial charge on any atom is 0.308 e. The van der Waals surface area contributed by atoms with Crippen molar-refractivity contribution in [1.29, 1.82) is 0 Å². The SMILES string of the molecule is CCCCCCCCCCCCC(CCCCCC)COC(=O)C(C)CCCCCCCCC. The highest BCUT2D eigenvalue weighted by Crippen LogP contribution is 2.21. The van der Waals surface area contributed by atoms with Crippen molar-refractivity contribution in [2.75, 3.05) is 6.61 Å². The van der Waals surface area contributed by atoms with E-state index in [4.69, 9.17) is 4.74 Å². The Hall–Kier alpha value is -0.530. The van der Waals surface area contributed by atoms with Crippen molar-refractivity contribution in [3.63, 3.8) is 0 Å². The zero-order chi connectivity index (χ0) is 25.1. The Morgan fingerprint density at radius 3 is 1.24 bits per heavy atom. The molecular weight excluding hydrogens is 416 g/mol. The molecule has 0 fully saturated rings. The van der Waals surface area contributed by atoms with Crippen LogP contribution in [0.4, 0.5) is 0 Å². The third-order valence-electron chi connectivity index (χ3n) is 7.54. The summed E-state index contributed by atoms with van der Waals surface area (Å²) in [7, 11) is 0. The van der Waals surface area contributed by atoms with Crippen LogP contribution < -0.4 is 0 Å².